The normalized spacial score (nSPS) is 13.7. The smallest absolute Gasteiger partial charge is 0.251 e. The van der Waals surface area contributed by atoms with Crippen molar-refractivity contribution in [1.82, 2.24) is 16.0 Å². The van der Waals surface area contributed by atoms with Gasteiger partial charge in [0, 0.05) is 47.2 Å². The summed E-state index contributed by atoms with van der Waals surface area (Å²) < 4.78 is 0. The molecule has 5 N–H and O–H groups in total. The van der Waals surface area contributed by atoms with E-state index in [0.717, 1.165) is 6.42 Å². The van der Waals surface area contributed by atoms with Crippen LogP contribution in [0.5, 0.6) is 0 Å². The van der Waals surface area contributed by atoms with Gasteiger partial charge in [0.15, 0.2) is 5.78 Å². The van der Waals surface area contributed by atoms with Crippen molar-refractivity contribution >= 4 is 23.5 Å². The maximum atomic E-state index is 13.1. The number of ketones is 1. The van der Waals surface area contributed by atoms with Gasteiger partial charge in [-0.1, -0.05) is 84.0 Å². The number of rotatable bonds is 16. The third-order valence-electron chi connectivity index (χ3n) is 8.38. The van der Waals surface area contributed by atoms with E-state index in [1.807, 2.05) is 59.7 Å². The lowest BCUT2D eigenvalue weighted by atomic mass is 9.66. The van der Waals surface area contributed by atoms with Crippen LogP contribution < -0.4 is 21.7 Å². The number of nitrogens with two attached hydrogens (primary N) is 1. The van der Waals surface area contributed by atoms with Crippen molar-refractivity contribution in [3.8, 4) is 0 Å². The van der Waals surface area contributed by atoms with Crippen LogP contribution in [0.15, 0.2) is 54.6 Å². The highest BCUT2D eigenvalue weighted by molar-refractivity contribution is 6.09. The minimum atomic E-state index is -0.685. The summed E-state index contributed by atoms with van der Waals surface area (Å²) in [7, 11) is 0. The molecular weight excluding hydrogens is 516 g/mol. The Morgan fingerprint density at radius 2 is 1.22 bits per heavy atom. The molecule has 8 nitrogen and oxygen atoms in total. The van der Waals surface area contributed by atoms with Gasteiger partial charge in [-0.2, -0.15) is 0 Å². The lowest BCUT2D eigenvalue weighted by Crippen LogP contribution is -2.48. The zero-order valence-corrected chi connectivity index (χ0v) is 25.5. The van der Waals surface area contributed by atoms with E-state index in [1.54, 1.807) is 36.4 Å². The molecule has 0 saturated heterocycles. The molecule has 2 atom stereocenters. The third kappa shape index (κ3) is 9.25. The van der Waals surface area contributed by atoms with Crippen molar-refractivity contribution in [3.63, 3.8) is 0 Å². The van der Waals surface area contributed by atoms with Crippen molar-refractivity contribution < 1.29 is 19.2 Å². The molecule has 0 aliphatic carbocycles. The largest absolute Gasteiger partial charge is 0.356 e. The highest BCUT2D eigenvalue weighted by atomic mass is 16.2. The van der Waals surface area contributed by atoms with E-state index in [-0.39, 0.29) is 35.3 Å². The first-order valence-electron chi connectivity index (χ1n) is 14.6. The molecular formula is C33H48N4O4. The van der Waals surface area contributed by atoms with Gasteiger partial charge in [0.25, 0.3) is 5.91 Å². The quantitative estimate of drug-likeness (QED) is 0.178. The van der Waals surface area contributed by atoms with E-state index in [2.05, 4.69) is 16.0 Å². The number of nitrogens with one attached hydrogen (secondary N) is 3. The molecule has 0 heterocycles. The Morgan fingerprint density at radius 1 is 0.707 bits per heavy atom. The van der Waals surface area contributed by atoms with Gasteiger partial charge in [0.05, 0.1) is 0 Å². The van der Waals surface area contributed by atoms with Crippen LogP contribution >= 0.6 is 0 Å². The topological polar surface area (TPSA) is 130 Å². The van der Waals surface area contributed by atoms with E-state index in [0.29, 0.717) is 55.7 Å². The molecule has 2 aromatic rings. The van der Waals surface area contributed by atoms with Crippen LogP contribution in [0.25, 0.3) is 0 Å². The summed E-state index contributed by atoms with van der Waals surface area (Å²) in [6.07, 6.45) is 1.87. The van der Waals surface area contributed by atoms with Gasteiger partial charge in [0.1, 0.15) is 0 Å². The van der Waals surface area contributed by atoms with Gasteiger partial charge >= 0.3 is 0 Å². The van der Waals surface area contributed by atoms with Crippen LogP contribution in [0.3, 0.4) is 0 Å². The molecule has 0 aliphatic heterocycles. The first-order valence-corrected chi connectivity index (χ1v) is 14.6. The van der Waals surface area contributed by atoms with E-state index < -0.39 is 10.8 Å². The molecule has 0 aliphatic rings. The van der Waals surface area contributed by atoms with Crippen molar-refractivity contribution in [2.45, 2.75) is 60.8 Å². The first-order chi connectivity index (χ1) is 19.3. The average Bonchev–Trinajstić information content (AvgIpc) is 2.96. The van der Waals surface area contributed by atoms with E-state index in [4.69, 9.17) is 5.73 Å². The van der Waals surface area contributed by atoms with Crippen molar-refractivity contribution in [2.75, 3.05) is 26.2 Å². The van der Waals surface area contributed by atoms with Gasteiger partial charge in [-0.3, -0.25) is 19.2 Å². The summed E-state index contributed by atoms with van der Waals surface area (Å²) >= 11 is 0. The monoisotopic (exact) mass is 564 g/mol. The zero-order valence-electron chi connectivity index (χ0n) is 25.5. The van der Waals surface area contributed by atoms with Gasteiger partial charge < -0.3 is 21.7 Å². The Labute approximate surface area is 245 Å². The Balaban J connectivity index is 1.82. The Hall–Kier alpha value is -3.52. The SMILES string of the molecule is CC(CC(C)(C(=O)NCCCN)C(C)C)C(C)(C)C(=O)NCCCNC(=O)c1ccc(C(=O)c2ccccc2)cc1. The molecule has 3 amide bonds. The second-order valence-corrected chi connectivity index (χ2v) is 11.9. The number of benzene rings is 2. The second-order valence-electron chi connectivity index (χ2n) is 11.9. The van der Waals surface area contributed by atoms with Crippen molar-refractivity contribution in [3.05, 3.63) is 71.3 Å². The Bertz CT molecular complexity index is 1160. The minimum Gasteiger partial charge on any atom is -0.356 e. The number of carbonyl (C=O) groups is 4. The second kappa shape index (κ2) is 15.5. The van der Waals surface area contributed by atoms with Crippen LogP contribution in [0.4, 0.5) is 0 Å². The maximum Gasteiger partial charge on any atom is 0.251 e. The summed E-state index contributed by atoms with van der Waals surface area (Å²) in [4.78, 5) is 51.2. The van der Waals surface area contributed by atoms with Crippen molar-refractivity contribution in [1.29, 1.82) is 0 Å². The highest BCUT2D eigenvalue weighted by Crippen LogP contribution is 2.41. The van der Waals surface area contributed by atoms with Gasteiger partial charge in [0.2, 0.25) is 11.8 Å². The molecule has 41 heavy (non-hydrogen) atoms. The fourth-order valence-corrected chi connectivity index (χ4v) is 4.56. The standard InChI is InChI=1S/C33H48N4O4/c1-23(2)33(6,31(41)37-19-10-18-34)22-24(3)32(4,5)30(40)36-21-11-20-35-29(39)27-16-14-26(15-17-27)28(38)25-12-8-7-9-13-25/h7-9,12-17,23-24H,10-11,18-22,34H2,1-6H3,(H,35,39)(H,36,40)(H,37,41). The molecule has 0 fully saturated rings. The fraction of sp³-hybridized carbons (Fsp3) is 0.515. The summed E-state index contributed by atoms with van der Waals surface area (Å²) in [5.74, 6) is -0.355. The van der Waals surface area contributed by atoms with E-state index in [1.165, 1.54) is 0 Å². The summed E-state index contributed by atoms with van der Waals surface area (Å²) in [6, 6.07) is 15.6. The molecule has 0 saturated carbocycles. The lowest BCUT2D eigenvalue weighted by Gasteiger charge is -2.39. The van der Waals surface area contributed by atoms with Crippen LogP contribution in [-0.2, 0) is 9.59 Å². The summed E-state index contributed by atoms with van der Waals surface area (Å²) in [5.41, 5.74) is 5.85. The number of carbonyl (C=O) groups excluding carboxylic acids is 4. The maximum absolute atomic E-state index is 13.1. The van der Waals surface area contributed by atoms with E-state index >= 15 is 0 Å². The first kappa shape index (κ1) is 33.7. The Kier molecular flexibility index (Phi) is 12.7. The molecule has 0 aromatic heterocycles. The molecule has 2 unspecified atom stereocenters. The summed E-state index contributed by atoms with van der Waals surface area (Å²) in [5, 5.41) is 8.87. The molecule has 2 aromatic carbocycles. The zero-order chi connectivity index (χ0) is 30.6. The molecule has 8 heteroatoms. The Morgan fingerprint density at radius 3 is 1.80 bits per heavy atom. The van der Waals surface area contributed by atoms with Crippen molar-refractivity contribution in [2.24, 2.45) is 28.4 Å². The predicted octanol–water partition coefficient (Wildman–Crippen LogP) is 4.33. The van der Waals surface area contributed by atoms with Crippen LogP contribution in [0.2, 0.25) is 0 Å². The molecule has 0 bridgehead atoms. The number of hydrogen-bond donors (Lipinski definition) is 4. The molecule has 2 rings (SSSR count). The lowest BCUT2D eigenvalue weighted by molar-refractivity contribution is -0.138. The molecule has 0 spiro atoms. The van der Waals surface area contributed by atoms with Crippen LogP contribution in [0.1, 0.15) is 87.1 Å². The fourth-order valence-electron chi connectivity index (χ4n) is 4.56. The minimum absolute atomic E-state index is 0.00261. The van der Waals surface area contributed by atoms with Crippen LogP contribution in [0, 0.1) is 22.7 Å². The highest BCUT2D eigenvalue weighted by Gasteiger charge is 2.43. The number of hydrogen-bond acceptors (Lipinski definition) is 5. The predicted molar refractivity (Wildman–Crippen MR) is 163 cm³/mol. The molecule has 224 valence electrons. The number of amides is 3. The summed E-state index contributed by atoms with van der Waals surface area (Å²) in [6.45, 7) is 13.8. The van der Waals surface area contributed by atoms with Gasteiger partial charge in [-0.25, -0.2) is 0 Å². The van der Waals surface area contributed by atoms with Crippen LogP contribution in [-0.4, -0.2) is 49.7 Å². The average molecular weight is 565 g/mol. The van der Waals surface area contributed by atoms with E-state index in [9.17, 15) is 19.2 Å². The molecule has 0 radical (unpaired) electrons. The van der Waals surface area contributed by atoms with Gasteiger partial charge in [-0.15, -0.1) is 0 Å². The van der Waals surface area contributed by atoms with Gasteiger partial charge in [-0.05, 0) is 49.8 Å². The third-order valence-corrected chi connectivity index (χ3v) is 8.38.